The van der Waals surface area contributed by atoms with Crippen LogP contribution in [-0.2, 0) is 4.79 Å². The number of hydrogen-bond acceptors (Lipinski definition) is 2. The molecule has 0 saturated carbocycles. The molecule has 0 amide bonds. The fourth-order valence-corrected chi connectivity index (χ4v) is 1.25. The summed E-state index contributed by atoms with van der Waals surface area (Å²) in [4.78, 5) is 12.6. The Morgan fingerprint density at radius 1 is 1.46 bits per heavy atom. The molecule has 13 heavy (non-hydrogen) atoms. The second-order valence-electron chi connectivity index (χ2n) is 3.48. The van der Waals surface area contributed by atoms with Gasteiger partial charge in [-0.25, -0.2) is 0 Å². The van der Waals surface area contributed by atoms with Gasteiger partial charge in [-0.2, -0.15) is 0 Å². The highest BCUT2D eigenvalue weighted by atomic mass is 16.4. The van der Waals surface area contributed by atoms with Gasteiger partial charge in [0.25, 0.3) is 0 Å². The molecule has 3 nitrogen and oxygen atoms in total. The predicted octanol–water partition coefficient (Wildman–Crippen LogP) is 1.97. The van der Waals surface area contributed by atoms with Crippen LogP contribution in [0.25, 0.3) is 0 Å². The second-order valence-corrected chi connectivity index (χ2v) is 3.48. The molecular formula is C10H21NO2. The molecule has 1 N–H and O–H groups in total. The van der Waals surface area contributed by atoms with Crippen LogP contribution in [0, 0.1) is 0 Å². The molecule has 0 aromatic rings. The van der Waals surface area contributed by atoms with E-state index in [0.717, 1.165) is 25.8 Å². The van der Waals surface area contributed by atoms with Crippen LogP contribution in [0.3, 0.4) is 0 Å². The van der Waals surface area contributed by atoms with Gasteiger partial charge in [0.2, 0.25) is 0 Å². The van der Waals surface area contributed by atoms with Crippen molar-refractivity contribution in [2.24, 2.45) is 0 Å². The summed E-state index contributed by atoms with van der Waals surface area (Å²) in [5, 5.41) is 8.69. The van der Waals surface area contributed by atoms with E-state index < -0.39 is 5.97 Å². The smallest absolute Gasteiger partial charge is 0.317 e. The zero-order valence-electron chi connectivity index (χ0n) is 8.92. The lowest BCUT2D eigenvalue weighted by molar-refractivity contribution is -0.138. The Bertz CT molecular complexity index is 148. The molecule has 0 aliphatic heterocycles. The van der Waals surface area contributed by atoms with E-state index in [1.165, 1.54) is 0 Å². The average molecular weight is 187 g/mol. The van der Waals surface area contributed by atoms with Crippen molar-refractivity contribution in [2.75, 3.05) is 13.1 Å². The molecule has 0 saturated heterocycles. The Kier molecular flexibility index (Phi) is 6.59. The summed E-state index contributed by atoms with van der Waals surface area (Å²) in [7, 11) is 0. The van der Waals surface area contributed by atoms with Gasteiger partial charge in [-0.3, -0.25) is 9.69 Å². The van der Waals surface area contributed by atoms with Crippen LogP contribution in [0.5, 0.6) is 0 Å². The number of carboxylic acids is 1. The average Bonchev–Trinajstić information content (AvgIpc) is 2.10. The Labute approximate surface area is 80.7 Å². The van der Waals surface area contributed by atoms with Crippen molar-refractivity contribution in [3.63, 3.8) is 0 Å². The normalized spacial score (nSPS) is 13.2. The summed E-state index contributed by atoms with van der Waals surface area (Å²) in [6.07, 6.45) is 3.21. The Morgan fingerprint density at radius 2 is 2.08 bits per heavy atom. The Hall–Kier alpha value is -0.570. The highest BCUT2D eigenvalue weighted by Gasteiger charge is 2.14. The standard InChI is InChI=1S/C10H21NO2/c1-4-6-7-11(8-10(12)13)9(3)5-2/h9H,4-8H2,1-3H3,(H,12,13). The molecular weight excluding hydrogens is 166 g/mol. The van der Waals surface area contributed by atoms with E-state index in [1.807, 2.05) is 4.90 Å². The van der Waals surface area contributed by atoms with Crippen LogP contribution in [0.15, 0.2) is 0 Å². The quantitative estimate of drug-likeness (QED) is 0.662. The van der Waals surface area contributed by atoms with Crippen molar-refractivity contribution in [3.05, 3.63) is 0 Å². The maximum Gasteiger partial charge on any atom is 0.317 e. The van der Waals surface area contributed by atoms with Crippen molar-refractivity contribution in [1.29, 1.82) is 0 Å². The first-order chi connectivity index (χ1) is 6.11. The Morgan fingerprint density at radius 3 is 2.46 bits per heavy atom. The minimum atomic E-state index is -0.726. The molecule has 1 unspecified atom stereocenters. The molecule has 1 atom stereocenters. The number of carbonyl (C=O) groups is 1. The van der Waals surface area contributed by atoms with Crippen molar-refractivity contribution >= 4 is 5.97 Å². The zero-order chi connectivity index (χ0) is 10.3. The molecule has 0 rings (SSSR count). The summed E-state index contributed by atoms with van der Waals surface area (Å²) in [6.45, 7) is 7.37. The molecule has 0 aliphatic rings. The van der Waals surface area contributed by atoms with Gasteiger partial charge in [-0.1, -0.05) is 20.3 Å². The Balaban J connectivity index is 3.94. The first-order valence-electron chi connectivity index (χ1n) is 5.07. The third-order valence-electron chi connectivity index (χ3n) is 2.35. The fraction of sp³-hybridized carbons (Fsp3) is 0.900. The molecule has 0 radical (unpaired) electrons. The summed E-state index contributed by atoms with van der Waals surface area (Å²) >= 11 is 0. The maximum atomic E-state index is 10.6. The second kappa shape index (κ2) is 6.89. The number of hydrogen-bond donors (Lipinski definition) is 1. The summed E-state index contributed by atoms with van der Waals surface area (Å²) in [6, 6.07) is 0.377. The largest absolute Gasteiger partial charge is 0.480 e. The van der Waals surface area contributed by atoms with Crippen molar-refractivity contribution in [2.45, 2.75) is 46.1 Å². The van der Waals surface area contributed by atoms with Gasteiger partial charge in [0.05, 0.1) is 6.54 Å². The van der Waals surface area contributed by atoms with Gasteiger partial charge in [0, 0.05) is 6.04 Å². The molecule has 0 spiro atoms. The van der Waals surface area contributed by atoms with E-state index >= 15 is 0 Å². The number of aliphatic carboxylic acids is 1. The van der Waals surface area contributed by atoms with Gasteiger partial charge < -0.3 is 5.11 Å². The van der Waals surface area contributed by atoms with Gasteiger partial charge in [-0.15, -0.1) is 0 Å². The van der Waals surface area contributed by atoms with Gasteiger partial charge in [0.1, 0.15) is 0 Å². The van der Waals surface area contributed by atoms with Crippen LogP contribution in [0.2, 0.25) is 0 Å². The van der Waals surface area contributed by atoms with E-state index in [1.54, 1.807) is 0 Å². The fourth-order valence-electron chi connectivity index (χ4n) is 1.25. The van der Waals surface area contributed by atoms with E-state index in [4.69, 9.17) is 5.11 Å². The third-order valence-corrected chi connectivity index (χ3v) is 2.35. The molecule has 0 fully saturated rings. The number of unbranched alkanes of at least 4 members (excludes halogenated alkanes) is 1. The van der Waals surface area contributed by atoms with Gasteiger partial charge in [0.15, 0.2) is 0 Å². The van der Waals surface area contributed by atoms with Crippen LogP contribution in [0.1, 0.15) is 40.0 Å². The van der Waals surface area contributed by atoms with Crippen LogP contribution in [-0.4, -0.2) is 35.1 Å². The first kappa shape index (κ1) is 12.4. The van der Waals surface area contributed by atoms with E-state index in [2.05, 4.69) is 20.8 Å². The SMILES string of the molecule is CCCCN(CC(=O)O)C(C)CC. The lowest BCUT2D eigenvalue weighted by Crippen LogP contribution is -2.37. The minimum Gasteiger partial charge on any atom is -0.480 e. The highest BCUT2D eigenvalue weighted by Crippen LogP contribution is 2.04. The number of rotatable bonds is 7. The van der Waals surface area contributed by atoms with Crippen LogP contribution >= 0.6 is 0 Å². The van der Waals surface area contributed by atoms with Crippen LogP contribution < -0.4 is 0 Å². The molecule has 0 bridgehead atoms. The maximum absolute atomic E-state index is 10.6. The van der Waals surface area contributed by atoms with Gasteiger partial charge >= 0.3 is 5.97 Å². The molecule has 3 heteroatoms. The zero-order valence-corrected chi connectivity index (χ0v) is 8.92. The minimum absolute atomic E-state index is 0.176. The molecule has 78 valence electrons. The topological polar surface area (TPSA) is 40.5 Å². The van der Waals surface area contributed by atoms with Gasteiger partial charge in [-0.05, 0) is 26.3 Å². The molecule has 0 aliphatic carbocycles. The van der Waals surface area contributed by atoms with E-state index in [9.17, 15) is 4.79 Å². The summed E-state index contributed by atoms with van der Waals surface area (Å²) in [5.41, 5.74) is 0. The molecule has 0 aromatic heterocycles. The van der Waals surface area contributed by atoms with Crippen molar-refractivity contribution < 1.29 is 9.90 Å². The van der Waals surface area contributed by atoms with Crippen molar-refractivity contribution in [3.8, 4) is 0 Å². The van der Waals surface area contributed by atoms with E-state index in [-0.39, 0.29) is 6.54 Å². The number of carboxylic acid groups (broad SMARTS) is 1. The lowest BCUT2D eigenvalue weighted by Gasteiger charge is -2.26. The van der Waals surface area contributed by atoms with E-state index in [0.29, 0.717) is 6.04 Å². The molecule has 0 heterocycles. The lowest BCUT2D eigenvalue weighted by atomic mass is 10.2. The predicted molar refractivity (Wildman–Crippen MR) is 53.9 cm³/mol. The first-order valence-corrected chi connectivity index (χ1v) is 5.07. The monoisotopic (exact) mass is 187 g/mol. The number of nitrogens with zero attached hydrogens (tertiary/aromatic N) is 1. The van der Waals surface area contributed by atoms with Crippen molar-refractivity contribution in [1.82, 2.24) is 4.90 Å². The summed E-state index contributed by atoms with van der Waals surface area (Å²) < 4.78 is 0. The molecule has 0 aromatic carbocycles. The van der Waals surface area contributed by atoms with Crippen LogP contribution in [0.4, 0.5) is 0 Å². The third kappa shape index (κ3) is 5.64. The highest BCUT2D eigenvalue weighted by molar-refractivity contribution is 5.69. The summed E-state index contributed by atoms with van der Waals surface area (Å²) in [5.74, 6) is -0.726.